The predicted octanol–water partition coefficient (Wildman–Crippen LogP) is 4.06. The van der Waals surface area contributed by atoms with Gasteiger partial charge in [-0.15, -0.1) is 0 Å². The highest BCUT2D eigenvalue weighted by molar-refractivity contribution is 14.1. The summed E-state index contributed by atoms with van der Waals surface area (Å²) < 4.78 is 11.7. The molecule has 0 saturated carbocycles. The second-order valence-corrected chi connectivity index (χ2v) is 7.70. The van der Waals surface area contributed by atoms with Crippen molar-refractivity contribution in [3.8, 4) is 17.6 Å². The number of halogens is 2. The van der Waals surface area contributed by atoms with E-state index < -0.39 is 11.8 Å². The van der Waals surface area contributed by atoms with Crippen molar-refractivity contribution in [3.63, 3.8) is 0 Å². The van der Waals surface area contributed by atoms with Crippen LogP contribution in [0.4, 0.5) is 5.69 Å². The largest absolute Gasteiger partial charge is 0.490 e. The van der Waals surface area contributed by atoms with Crippen LogP contribution in [-0.2, 0) is 9.59 Å². The summed E-state index contributed by atoms with van der Waals surface area (Å²) in [5.74, 6) is -0.417. The summed E-state index contributed by atoms with van der Waals surface area (Å²) in [4.78, 5) is 23.6. The van der Waals surface area contributed by atoms with Crippen molar-refractivity contribution >= 4 is 57.8 Å². The van der Waals surface area contributed by atoms with Crippen LogP contribution < -0.4 is 20.5 Å². The number of nitrogens with zero attached hydrogens (tertiary/aromatic N) is 1. The molecule has 30 heavy (non-hydrogen) atoms. The number of nitrogens with two attached hydrogens (primary N) is 1. The molecule has 0 aliphatic heterocycles. The van der Waals surface area contributed by atoms with Gasteiger partial charge in [0.25, 0.3) is 11.8 Å². The number of hydrogen-bond donors (Lipinski definition) is 2. The van der Waals surface area contributed by atoms with Gasteiger partial charge in [0.2, 0.25) is 0 Å². The fourth-order valence-electron chi connectivity index (χ4n) is 2.49. The SMILES string of the molecule is CCOc1cc(C=C(C#N)C(=O)Nc2ccc(Cl)cc2C)cc(I)c1OCC(N)=O. The predicted molar refractivity (Wildman–Crippen MR) is 123 cm³/mol. The fourth-order valence-corrected chi connectivity index (χ4v) is 3.50. The van der Waals surface area contributed by atoms with E-state index in [1.165, 1.54) is 6.08 Å². The Balaban J connectivity index is 2.34. The molecule has 2 aromatic rings. The highest BCUT2D eigenvalue weighted by atomic mass is 127. The number of nitriles is 1. The Morgan fingerprint density at radius 3 is 2.63 bits per heavy atom. The van der Waals surface area contributed by atoms with Gasteiger partial charge in [-0.2, -0.15) is 5.26 Å². The first-order valence-corrected chi connectivity index (χ1v) is 10.3. The summed E-state index contributed by atoms with van der Waals surface area (Å²) >= 11 is 7.95. The van der Waals surface area contributed by atoms with E-state index in [0.717, 1.165) is 5.56 Å². The molecule has 0 heterocycles. The second-order valence-electron chi connectivity index (χ2n) is 6.10. The number of primary amides is 1. The molecule has 0 aromatic heterocycles. The van der Waals surface area contributed by atoms with Crippen molar-refractivity contribution < 1.29 is 19.1 Å². The molecule has 0 aliphatic rings. The molecule has 9 heteroatoms. The van der Waals surface area contributed by atoms with Crippen LogP contribution in [0.5, 0.6) is 11.5 Å². The minimum atomic E-state index is -0.613. The molecule has 0 fully saturated rings. The Kier molecular flexibility index (Phi) is 8.50. The van der Waals surface area contributed by atoms with E-state index in [1.807, 2.05) is 28.7 Å². The van der Waals surface area contributed by atoms with Crippen molar-refractivity contribution in [2.24, 2.45) is 5.73 Å². The molecule has 7 nitrogen and oxygen atoms in total. The van der Waals surface area contributed by atoms with Gasteiger partial charge < -0.3 is 20.5 Å². The molecule has 2 aromatic carbocycles. The lowest BCUT2D eigenvalue weighted by Gasteiger charge is -2.14. The lowest BCUT2D eigenvalue weighted by atomic mass is 10.1. The summed E-state index contributed by atoms with van der Waals surface area (Å²) in [6.45, 7) is 3.67. The van der Waals surface area contributed by atoms with E-state index in [4.69, 9.17) is 26.8 Å². The maximum absolute atomic E-state index is 12.6. The smallest absolute Gasteiger partial charge is 0.266 e. The first-order valence-electron chi connectivity index (χ1n) is 8.81. The average molecular weight is 540 g/mol. The van der Waals surface area contributed by atoms with E-state index in [2.05, 4.69) is 5.32 Å². The number of anilines is 1. The standard InChI is InChI=1S/C21H19ClIN3O4/c1-3-29-18-9-13(8-16(23)20(18)30-11-19(25)27)7-14(10-24)21(28)26-17-5-4-15(22)6-12(17)2/h4-9H,3,11H2,1-2H3,(H2,25,27)(H,26,28). The van der Waals surface area contributed by atoms with Crippen molar-refractivity contribution in [2.45, 2.75) is 13.8 Å². The van der Waals surface area contributed by atoms with Gasteiger partial charge in [-0.1, -0.05) is 11.6 Å². The normalized spacial score (nSPS) is 10.8. The molecule has 0 bridgehead atoms. The molecule has 0 atom stereocenters. The minimum absolute atomic E-state index is 0.0894. The summed E-state index contributed by atoms with van der Waals surface area (Å²) in [5, 5.41) is 12.7. The highest BCUT2D eigenvalue weighted by Crippen LogP contribution is 2.35. The number of ether oxygens (including phenoxy) is 2. The average Bonchev–Trinajstić information content (AvgIpc) is 2.67. The second kappa shape index (κ2) is 10.8. The van der Waals surface area contributed by atoms with Crippen molar-refractivity contribution in [3.05, 3.63) is 55.6 Å². The Morgan fingerprint density at radius 1 is 1.30 bits per heavy atom. The van der Waals surface area contributed by atoms with Gasteiger partial charge in [0.05, 0.1) is 10.2 Å². The Morgan fingerprint density at radius 2 is 2.03 bits per heavy atom. The van der Waals surface area contributed by atoms with Gasteiger partial charge in [0, 0.05) is 10.7 Å². The van der Waals surface area contributed by atoms with E-state index in [-0.39, 0.29) is 12.2 Å². The summed E-state index contributed by atoms with van der Waals surface area (Å²) in [6.07, 6.45) is 1.45. The van der Waals surface area contributed by atoms with E-state index >= 15 is 0 Å². The Labute approximate surface area is 192 Å². The molecule has 0 spiro atoms. The number of amides is 2. The zero-order valence-corrected chi connectivity index (χ0v) is 19.2. The topological polar surface area (TPSA) is 114 Å². The highest BCUT2D eigenvalue weighted by Gasteiger charge is 2.15. The number of nitrogens with one attached hydrogen (secondary N) is 1. The van der Waals surface area contributed by atoms with Crippen LogP contribution in [0.15, 0.2) is 35.9 Å². The van der Waals surface area contributed by atoms with Gasteiger partial charge in [0.1, 0.15) is 11.6 Å². The molecule has 0 unspecified atom stereocenters. The van der Waals surface area contributed by atoms with Gasteiger partial charge in [-0.3, -0.25) is 9.59 Å². The molecule has 156 valence electrons. The summed E-state index contributed by atoms with van der Waals surface area (Å²) in [5.41, 5.74) is 6.95. The number of carbonyl (C=O) groups is 2. The van der Waals surface area contributed by atoms with Crippen molar-refractivity contribution in [1.82, 2.24) is 0 Å². The van der Waals surface area contributed by atoms with Crippen LogP contribution in [0.2, 0.25) is 5.02 Å². The third kappa shape index (κ3) is 6.37. The van der Waals surface area contributed by atoms with Gasteiger partial charge in [-0.05, 0) is 84.0 Å². The third-order valence-electron chi connectivity index (χ3n) is 3.80. The number of benzene rings is 2. The lowest BCUT2D eigenvalue weighted by Crippen LogP contribution is -2.20. The zero-order chi connectivity index (χ0) is 22.3. The third-order valence-corrected chi connectivity index (χ3v) is 4.84. The van der Waals surface area contributed by atoms with Crippen LogP contribution in [0, 0.1) is 21.8 Å². The molecule has 0 aliphatic carbocycles. The lowest BCUT2D eigenvalue weighted by molar-refractivity contribution is -0.120. The molecule has 0 saturated heterocycles. The Bertz CT molecular complexity index is 1050. The van der Waals surface area contributed by atoms with Crippen LogP contribution in [0.3, 0.4) is 0 Å². The van der Waals surface area contributed by atoms with Gasteiger partial charge >= 0.3 is 0 Å². The first kappa shape index (κ1) is 23.5. The maximum atomic E-state index is 12.6. The minimum Gasteiger partial charge on any atom is -0.490 e. The molecule has 3 N–H and O–H groups in total. The van der Waals surface area contributed by atoms with Crippen LogP contribution in [0.25, 0.3) is 6.08 Å². The number of rotatable bonds is 8. The number of carbonyl (C=O) groups excluding carboxylic acids is 2. The molecular formula is C21H19ClIN3O4. The van der Waals surface area contributed by atoms with E-state index in [0.29, 0.717) is 37.9 Å². The number of hydrogen-bond acceptors (Lipinski definition) is 5. The maximum Gasteiger partial charge on any atom is 0.266 e. The Hall–Kier alpha value is -2.77. The summed E-state index contributed by atoms with van der Waals surface area (Å²) in [7, 11) is 0. The van der Waals surface area contributed by atoms with Gasteiger partial charge in [-0.25, -0.2) is 0 Å². The van der Waals surface area contributed by atoms with Crippen molar-refractivity contribution in [1.29, 1.82) is 5.26 Å². The zero-order valence-electron chi connectivity index (χ0n) is 16.3. The van der Waals surface area contributed by atoms with Crippen LogP contribution in [0.1, 0.15) is 18.1 Å². The van der Waals surface area contributed by atoms with Crippen LogP contribution >= 0.6 is 34.2 Å². The van der Waals surface area contributed by atoms with Crippen LogP contribution in [-0.4, -0.2) is 25.0 Å². The monoisotopic (exact) mass is 539 g/mol. The van der Waals surface area contributed by atoms with Crippen molar-refractivity contribution in [2.75, 3.05) is 18.5 Å². The molecule has 2 amide bonds. The number of aryl methyl sites for hydroxylation is 1. The first-order chi connectivity index (χ1) is 14.2. The van der Waals surface area contributed by atoms with Gasteiger partial charge in [0.15, 0.2) is 18.1 Å². The quantitative estimate of drug-likeness (QED) is 0.298. The summed E-state index contributed by atoms with van der Waals surface area (Å²) in [6, 6.07) is 10.3. The molecular weight excluding hydrogens is 521 g/mol. The van der Waals surface area contributed by atoms with E-state index in [9.17, 15) is 14.9 Å². The van der Waals surface area contributed by atoms with E-state index in [1.54, 1.807) is 44.2 Å². The molecule has 2 rings (SSSR count). The fraction of sp³-hybridized carbons (Fsp3) is 0.190. The molecule has 0 radical (unpaired) electrons.